The minimum absolute atomic E-state index is 0. The van der Waals surface area contributed by atoms with Crippen LogP contribution in [0.4, 0.5) is 0 Å². The summed E-state index contributed by atoms with van der Waals surface area (Å²) in [6, 6.07) is 0. The average Bonchev–Trinajstić information content (AvgIpc) is 2.01. The molecule has 4 nitrogen and oxygen atoms in total. The summed E-state index contributed by atoms with van der Waals surface area (Å²) < 4.78 is 4.97. The van der Waals surface area contributed by atoms with Gasteiger partial charge >= 0.3 is 0 Å². The van der Waals surface area contributed by atoms with Crippen LogP contribution in [0, 0.1) is 50.0 Å². The zero-order valence-electron chi connectivity index (χ0n) is 7.05. The van der Waals surface area contributed by atoms with Crippen LogP contribution in [0.5, 0.6) is 0 Å². The predicted molar refractivity (Wildman–Crippen MR) is 38.0 cm³/mol. The Morgan fingerprint density at radius 3 is 2.50 bits per heavy atom. The molecule has 12 heavy (non-hydrogen) atoms. The molecule has 1 heterocycles. The minimum atomic E-state index is -0.760. The molecule has 4 atom stereocenters. The minimum Gasteiger partial charge on any atom is -0.394 e. The van der Waals surface area contributed by atoms with Crippen molar-refractivity contribution in [2.75, 3.05) is 13.2 Å². The molecule has 0 saturated carbocycles. The number of hydrogen-bond donors (Lipinski definition) is 3. The molecule has 0 amide bonds. The Bertz CT molecular complexity index is 131. The standard InChI is InChI=1S/C7H14O4.Ac/c1-4-5(9)3-11-6(2-8)7(4)10;/h4-10H,2-3H2,1H3;/t4?,5?,6?,7-;/m1./s1. The Balaban J connectivity index is 0.00000121. The van der Waals surface area contributed by atoms with Gasteiger partial charge in [0, 0.05) is 50.0 Å². The first kappa shape index (κ1) is 13.3. The van der Waals surface area contributed by atoms with E-state index in [0.717, 1.165) is 0 Å². The number of aliphatic hydroxyl groups is 3. The normalized spacial score (nSPS) is 42.0. The molecule has 1 aliphatic rings. The van der Waals surface area contributed by atoms with E-state index in [4.69, 9.17) is 9.84 Å². The molecule has 0 aromatic carbocycles. The summed E-state index contributed by atoms with van der Waals surface area (Å²) in [5.41, 5.74) is 0. The summed E-state index contributed by atoms with van der Waals surface area (Å²) in [5, 5.41) is 27.3. The maximum Gasteiger partial charge on any atom is 0.107 e. The van der Waals surface area contributed by atoms with Gasteiger partial charge in [-0.1, -0.05) is 6.92 Å². The fourth-order valence-electron chi connectivity index (χ4n) is 1.20. The molecule has 0 aliphatic carbocycles. The van der Waals surface area contributed by atoms with Gasteiger partial charge in [0.2, 0.25) is 0 Å². The van der Waals surface area contributed by atoms with E-state index < -0.39 is 18.3 Å². The predicted octanol–water partition coefficient (Wildman–Crippen LogP) is -1.26. The molecular formula is C7H14AcO4. The smallest absolute Gasteiger partial charge is 0.107 e. The van der Waals surface area contributed by atoms with Gasteiger partial charge in [-0.25, -0.2) is 0 Å². The SMILES string of the molecule is CC1C(O)COC(CO)[C@@H]1O.[Ac]. The molecule has 1 fully saturated rings. The average molecular weight is 389 g/mol. The van der Waals surface area contributed by atoms with Gasteiger partial charge in [-0.3, -0.25) is 0 Å². The molecule has 1 aliphatic heterocycles. The van der Waals surface area contributed by atoms with Crippen LogP contribution in [0.3, 0.4) is 0 Å². The molecule has 0 aromatic rings. The number of aliphatic hydroxyl groups excluding tert-OH is 3. The largest absolute Gasteiger partial charge is 0.394 e. The third-order valence-corrected chi connectivity index (χ3v) is 2.19. The maximum absolute atomic E-state index is 9.36. The van der Waals surface area contributed by atoms with Crippen LogP contribution in [0.1, 0.15) is 6.92 Å². The molecule has 69 valence electrons. The molecule has 0 aromatic heterocycles. The second-order valence-corrected chi connectivity index (χ2v) is 2.97. The Hall–Kier alpha value is 1.28. The van der Waals surface area contributed by atoms with Crippen LogP contribution < -0.4 is 0 Å². The maximum atomic E-state index is 9.36. The van der Waals surface area contributed by atoms with Crippen LogP contribution in [0.15, 0.2) is 0 Å². The first-order valence-electron chi connectivity index (χ1n) is 3.75. The van der Waals surface area contributed by atoms with Crippen molar-refractivity contribution >= 4 is 0 Å². The van der Waals surface area contributed by atoms with Gasteiger partial charge in [-0.05, 0) is 0 Å². The van der Waals surface area contributed by atoms with E-state index >= 15 is 0 Å². The molecule has 0 spiro atoms. The van der Waals surface area contributed by atoms with Crippen LogP contribution in [0.2, 0.25) is 0 Å². The van der Waals surface area contributed by atoms with Gasteiger partial charge in [0.15, 0.2) is 0 Å². The van der Waals surface area contributed by atoms with Crippen LogP contribution in [-0.2, 0) is 4.74 Å². The molecule has 3 N–H and O–H groups in total. The fourth-order valence-corrected chi connectivity index (χ4v) is 1.20. The van der Waals surface area contributed by atoms with E-state index in [-0.39, 0.29) is 63.2 Å². The third kappa shape index (κ3) is 2.90. The Labute approximate surface area is 107 Å². The van der Waals surface area contributed by atoms with Crippen LogP contribution >= 0.6 is 0 Å². The van der Waals surface area contributed by atoms with Crippen molar-refractivity contribution in [3.8, 4) is 0 Å². The zero-order valence-corrected chi connectivity index (χ0v) is 11.8. The second kappa shape index (κ2) is 5.90. The molecular weight excluding hydrogens is 375 g/mol. The second-order valence-electron chi connectivity index (χ2n) is 2.97. The number of rotatable bonds is 1. The Morgan fingerprint density at radius 1 is 1.42 bits per heavy atom. The molecule has 3 unspecified atom stereocenters. The van der Waals surface area contributed by atoms with Gasteiger partial charge in [-0.2, -0.15) is 0 Å². The van der Waals surface area contributed by atoms with E-state index in [9.17, 15) is 10.2 Å². The Kier molecular flexibility index (Phi) is 6.53. The summed E-state index contributed by atoms with van der Waals surface area (Å²) in [7, 11) is 0. The van der Waals surface area contributed by atoms with Crippen molar-refractivity contribution in [1.82, 2.24) is 0 Å². The van der Waals surface area contributed by atoms with Gasteiger partial charge < -0.3 is 20.1 Å². The monoisotopic (exact) mass is 389 g/mol. The van der Waals surface area contributed by atoms with Crippen molar-refractivity contribution < 1.29 is 64.1 Å². The Morgan fingerprint density at radius 2 is 2.00 bits per heavy atom. The first-order chi connectivity index (χ1) is 5.16. The summed E-state index contributed by atoms with van der Waals surface area (Å²) >= 11 is 0. The fraction of sp³-hybridized carbons (Fsp3) is 1.00. The van der Waals surface area contributed by atoms with Crippen molar-refractivity contribution in [3.05, 3.63) is 0 Å². The van der Waals surface area contributed by atoms with Crippen molar-refractivity contribution in [2.45, 2.75) is 25.2 Å². The van der Waals surface area contributed by atoms with Crippen LogP contribution in [0.25, 0.3) is 0 Å². The van der Waals surface area contributed by atoms with Crippen molar-refractivity contribution in [3.63, 3.8) is 0 Å². The molecule has 1 rings (SSSR count). The molecule has 0 bridgehead atoms. The topological polar surface area (TPSA) is 69.9 Å². The van der Waals surface area contributed by atoms with Gasteiger partial charge in [0.25, 0.3) is 0 Å². The summed E-state index contributed by atoms with van der Waals surface area (Å²) in [5.74, 6) is -0.221. The van der Waals surface area contributed by atoms with E-state index in [0.29, 0.717) is 0 Å². The van der Waals surface area contributed by atoms with Crippen molar-refractivity contribution in [1.29, 1.82) is 0 Å². The van der Waals surface area contributed by atoms with E-state index in [2.05, 4.69) is 0 Å². The number of ether oxygens (including phenoxy) is 1. The third-order valence-electron chi connectivity index (χ3n) is 2.19. The first-order valence-corrected chi connectivity index (χ1v) is 3.75. The summed E-state index contributed by atoms with van der Waals surface area (Å²) in [6.45, 7) is 1.74. The van der Waals surface area contributed by atoms with Gasteiger partial charge in [0.1, 0.15) is 6.10 Å². The molecule has 1 saturated heterocycles. The van der Waals surface area contributed by atoms with E-state index in [1.54, 1.807) is 6.92 Å². The zero-order chi connectivity index (χ0) is 8.43. The molecule has 5 heteroatoms. The van der Waals surface area contributed by atoms with Gasteiger partial charge in [0.05, 0.1) is 25.4 Å². The summed E-state index contributed by atoms with van der Waals surface area (Å²) in [4.78, 5) is 0. The van der Waals surface area contributed by atoms with E-state index in [1.807, 2.05) is 0 Å². The quantitative estimate of drug-likeness (QED) is 0.524. The van der Waals surface area contributed by atoms with Gasteiger partial charge in [-0.15, -0.1) is 0 Å². The van der Waals surface area contributed by atoms with Crippen molar-refractivity contribution in [2.24, 2.45) is 5.92 Å². The summed E-state index contributed by atoms with van der Waals surface area (Å²) in [6.07, 6.45) is -1.91. The molecule has 1 radical (unpaired) electrons. The van der Waals surface area contributed by atoms with Crippen LogP contribution in [-0.4, -0.2) is 46.8 Å². The number of hydrogen-bond acceptors (Lipinski definition) is 4. The van der Waals surface area contributed by atoms with E-state index in [1.165, 1.54) is 0 Å².